The minimum Gasteiger partial charge on any atom is -0.497 e. The fraction of sp³-hybridized carbons (Fsp3) is 0.632. The molecule has 156 valence electrons. The van der Waals surface area contributed by atoms with Crippen molar-refractivity contribution in [3.8, 4) is 5.75 Å². The maximum atomic E-state index is 10.3. The molecule has 8 heteroatoms. The van der Waals surface area contributed by atoms with Crippen LogP contribution >= 0.6 is 35.7 Å². The Balaban J connectivity index is 0.00000676. The molecule has 6 nitrogen and oxygen atoms in total. The Bertz CT molecular complexity index is 527. The normalized spacial score (nSPS) is 13.4. The number of nitrogens with zero attached hydrogens (tertiary/aromatic N) is 1. The molecule has 27 heavy (non-hydrogen) atoms. The molecule has 0 heterocycles. The summed E-state index contributed by atoms with van der Waals surface area (Å²) in [6.45, 7) is 7.02. The number of aliphatic hydroxyl groups is 1. The lowest BCUT2D eigenvalue weighted by Gasteiger charge is -2.24. The molecule has 1 aromatic carbocycles. The number of benzene rings is 1. The molecule has 1 aromatic rings. The monoisotopic (exact) mass is 511 g/mol. The third-order valence-corrected chi connectivity index (χ3v) is 4.54. The third kappa shape index (κ3) is 12.4. The molecule has 0 aliphatic heterocycles. The fourth-order valence-electron chi connectivity index (χ4n) is 2.24. The smallest absolute Gasteiger partial charge is 0.191 e. The lowest BCUT2D eigenvalue weighted by atomic mass is 10.1. The highest BCUT2D eigenvalue weighted by Gasteiger charge is 2.19. The van der Waals surface area contributed by atoms with Gasteiger partial charge in [0.15, 0.2) is 5.96 Å². The molecule has 0 radical (unpaired) electrons. The first kappa shape index (κ1) is 26.3. The zero-order valence-corrected chi connectivity index (χ0v) is 19.9. The summed E-state index contributed by atoms with van der Waals surface area (Å²) in [7, 11) is 1.65. The maximum absolute atomic E-state index is 10.3. The van der Waals surface area contributed by atoms with E-state index in [-0.39, 0.29) is 24.0 Å². The van der Waals surface area contributed by atoms with Gasteiger partial charge in [0.1, 0.15) is 5.75 Å². The lowest BCUT2D eigenvalue weighted by Crippen LogP contribution is -2.47. The summed E-state index contributed by atoms with van der Waals surface area (Å²) in [6, 6.07) is 7.85. The Morgan fingerprint density at radius 2 is 1.96 bits per heavy atom. The van der Waals surface area contributed by atoms with Crippen molar-refractivity contribution in [2.45, 2.75) is 32.4 Å². The molecule has 0 bridgehead atoms. The van der Waals surface area contributed by atoms with Crippen LogP contribution in [-0.2, 0) is 11.3 Å². The van der Waals surface area contributed by atoms with Crippen molar-refractivity contribution < 1.29 is 14.6 Å². The molecular weight excluding hydrogens is 477 g/mol. The zero-order valence-electron chi connectivity index (χ0n) is 16.8. The van der Waals surface area contributed by atoms with Gasteiger partial charge in [-0.3, -0.25) is 0 Å². The minimum absolute atomic E-state index is 0. The fourth-order valence-corrected chi connectivity index (χ4v) is 2.96. The number of thioether (sulfide) groups is 1. The van der Waals surface area contributed by atoms with E-state index in [2.05, 4.69) is 15.6 Å². The standard InChI is InChI=1S/C19H33N3O3S.HI/c1-5-25-12-6-11-20-18(22-14-19(2,23)15-26-4)21-13-16-7-9-17(24-3)10-8-16;/h7-10,23H,5-6,11-15H2,1-4H3,(H2,20,21,22);1H. The number of aliphatic imine (C=N–C) groups is 1. The van der Waals surface area contributed by atoms with E-state index in [1.54, 1.807) is 18.9 Å². The van der Waals surface area contributed by atoms with Gasteiger partial charge in [-0.1, -0.05) is 12.1 Å². The summed E-state index contributed by atoms with van der Waals surface area (Å²) in [6.07, 6.45) is 2.89. The number of hydrogen-bond acceptors (Lipinski definition) is 5. The Morgan fingerprint density at radius 1 is 1.26 bits per heavy atom. The van der Waals surface area contributed by atoms with Crippen LogP contribution in [0.4, 0.5) is 0 Å². The summed E-state index contributed by atoms with van der Waals surface area (Å²) in [5, 5.41) is 16.9. The van der Waals surface area contributed by atoms with Crippen LogP contribution < -0.4 is 15.4 Å². The van der Waals surface area contributed by atoms with E-state index >= 15 is 0 Å². The van der Waals surface area contributed by atoms with Crippen molar-refractivity contribution >= 4 is 41.7 Å². The van der Waals surface area contributed by atoms with Gasteiger partial charge in [0.2, 0.25) is 0 Å². The van der Waals surface area contributed by atoms with E-state index in [9.17, 15) is 5.11 Å². The average Bonchev–Trinajstić information content (AvgIpc) is 2.63. The summed E-state index contributed by atoms with van der Waals surface area (Å²) in [5.74, 6) is 2.19. The predicted molar refractivity (Wildman–Crippen MR) is 126 cm³/mol. The molecular formula is C19H34IN3O3S. The molecule has 1 atom stereocenters. The molecule has 0 saturated heterocycles. The van der Waals surface area contributed by atoms with Crippen LogP contribution in [0, 0.1) is 0 Å². The van der Waals surface area contributed by atoms with Crippen molar-refractivity contribution in [1.29, 1.82) is 0 Å². The van der Waals surface area contributed by atoms with Gasteiger partial charge in [-0.15, -0.1) is 24.0 Å². The van der Waals surface area contributed by atoms with Crippen molar-refractivity contribution in [3.63, 3.8) is 0 Å². The van der Waals surface area contributed by atoms with Crippen LogP contribution in [0.25, 0.3) is 0 Å². The lowest BCUT2D eigenvalue weighted by molar-refractivity contribution is 0.0897. The SMILES string of the molecule is CCOCCCNC(=NCc1ccc(OC)cc1)NCC(C)(O)CSC.I. The number of methoxy groups -OCH3 is 1. The van der Waals surface area contributed by atoms with Gasteiger partial charge in [0.05, 0.1) is 19.3 Å². The average molecular weight is 511 g/mol. The highest BCUT2D eigenvalue weighted by molar-refractivity contribution is 14.0. The second-order valence-corrected chi connectivity index (χ2v) is 7.14. The molecule has 0 aromatic heterocycles. The van der Waals surface area contributed by atoms with Crippen LogP contribution in [0.15, 0.2) is 29.3 Å². The largest absolute Gasteiger partial charge is 0.497 e. The van der Waals surface area contributed by atoms with E-state index in [0.717, 1.165) is 37.5 Å². The molecule has 0 saturated carbocycles. The third-order valence-electron chi connectivity index (χ3n) is 3.63. The van der Waals surface area contributed by atoms with Gasteiger partial charge < -0.3 is 25.2 Å². The number of halogens is 1. The van der Waals surface area contributed by atoms with Crippen molar-refractivity contribution in [2.24, 2.45) is 4.99 Å². The quantitative estimate of drug-likeness (QED) is 0.174. The van der Waals surface area contributed by atoms with E-state index in [1.807, 2.05) is 44.4 Å². The second-order valence-electron chi connectivity index (χ2n) is 6.27. The first-order valence-electron chi connectivity index (χ1n) is 8.95. The highest BCUT2D eigenvalue weighted by Crippen LogP contribution is 2.12. The number of nitrogens with one attached hydrogen (secondary N) is 2. The number of guanidine groups is 1. The van der Waals surface area contributed by atoms with E-state index in [4.69, 9.17) is 9.47 Å². The first-order chi connectivity index (χ1) is 12.5. The molecule has 1 unspecified atom stereocenters. The van der Waals surface area contributed by atoms with Gasteiger partial charge in [-0.05, 0) is 44.2 Å². The van der Waals surface area contributed by atoms with Crippen LogP contribution in [0.3, 0.4) is 0 Å². The first-order valence-corrected chi connectivity index (χ1v) is 10.3. The molecule has 0 aliphatic carbocycles. The van der Waals surface area contributed by atoms with Crippen molar-refractivity contribution in [3.05, 3.63) is 29.8 Å². The Labute approximate surface area is 184 Å². The van der Waals surface area contributed by atoms with Gasteiger partial charge in [0.25, 0.3) is 0 Å². The Hall–Kier alpha value is -0.710. The minimum atomic E-state index is -0.784. The summed E-state index contributed by atoms with van der Waals surface area (Å²) in [5.41, 5.74) is 0.310. The van der Waals surface area contributed by atoms with Crippen LogP contribution in [-0.4, -0.2) is 62.1 Å². The molecule has 0 spiro atoms. The Morgan fingerprint density at radius 3 is 2.56 bits per heavy atom. The van der Waals surface area contributed by atoms with Crippen molar-refractivity contribution in [2.75, 3.05) is 45.4 Å². The number of hydrogen-bond donors (Lipinski definition) is 3. The van der Waals surface area contributed by atoms with Gasteiger partial charge >= 0.3 is 0 Å². The molecule has 0 amide bonds. The van der Waals surface area contributed by atoms with Crippen LogP contribution in [0.2, 0.25) is 0 Å². The highest BCUT2D eigenvalue weighted by atomic mass is 127. The predicted octanol–water partition coefficient (Wildman–Crippen LogP) is 2.89. The molecule has 0 fully saturated rings. The number of rotatable bonds is 12. The van der Waals surface area contributed by atoms with Gasteiger partial charge in [-0.2, -0.15) is 11.8 Å². The van der Waals surface area contributed by atoms with Crippen LogP contribution in [0.5, 0.6) is 5.75 Å². The van der Waals surface area contributed by atoms with Gasteiger partial charge in [0, 0.05) is 32.1 Å². The Kier molecular flexibility index (Phi) is 14.8. The molecule has 1 rings (SSSR count). The van der Waals surface area contributed by atoms with Gasteiger partial charge in [-0.25, -0.2) is 4.99 Å². The summed E-state index contributed by atoms with van der Waals surface area (Å²) >= 11 is 1.62. The summed E-state index contributed by atoms with van der Waals surface area (Å²) < 4.78 is 10.5. The number of ether oxygens (including phenoxy) is 2. The van der Waals surface area contributed by atoms with E-state index in [0.29, 0.717) is 24.8 Å². The van der Waals surface area contributed by atoms with E-state index < -0.39 is 5.60 Å². The van der Waals surface area contributed by atoms with Crippen LogP contribution in [0.1, 0.15) is 25.8 Å². The zero-order chi connectivity index (χ0) is 19.3. The molecule has 0 aliphatic rings. The topological polar surface area (TPSA) is 75.1 Å². The maximum Gasteiger partial charge on any atom is 0.191 e. The second kappa shape index (κ2) is 15.2. The van der Waals surface area contributed by atoms with E-state index in [1.165, 1.54) is 0 Å². The molecule has 3 N–H and O–H groups in total. The summed E-state index contributed by atoms with van der Waals surface area (Å²) in [4.78, 5) is 4.63. The van der Waals surface area contributed by atoms with Crippen molar-refractivity contribution in [1.82, 2.24) is 10.6 Å².